The Balaban J connectivity index is 2.31. The molecule has 1 aliphatic rings. The first-order valence-electron chi connectivity index (χ1n) is 4.47. The molecule has 0 radical (unpaired) electrons. The molecule has 4 heteroatoms. The van der Waals surface area contributed by atoms with Gasteiger partial charge in [-0.05, 0) is 6.42 Å². The van der Waals surface area contributed by atoms with Gasteiger partial charge in [-0.25, -0.2) is 0 Å². The summed E-state index contributed by atoms with van der Waals surface area (Å²) in [5.74, 6) is 7.97. The van der Waals surface area contributed by atoms with Crippen molar-refractivity contribution in [2.24, 2.45) is 5.84 Å². The predicted molar refractivity (Wildman–Crippen MR) is 49.7 cm³/mol. The van der Waals surface area contributed by atoms with E-state index in [-0.39, 0.29) is 12.1 Å². The highest BCUT2D eigenvalue weighted by Gasteiger charge is 2.23. The third-order valence-electron chi connectivity index (χ3n) is 2.10. The van der Waals surface area contributed by atoms with Crippen molar-refractivity contribution < 1.29 is 9.47 Å². The van der Waals surface area contributed by atoms with Gasteiger partial charge in [0.15, 0.2) is 0 Å². The number of hydrazine groups is 1. The van der Waals surface area contributed by atoms with Gasteiger partial charge in [-0.15, -0.1) is 12.3 Å². The van der Waals surface area contributed by atoms with Gasteiger partial charge in [0.1, 0.15) is 0 Å². The van der Waals surface area contributed by atoms with Crippen molar-refractivity contribution in [3.05, 3.63) is 0 Å². The maximum Gasteiger partial charge on any atom is 0.0975 e. The van der Waals surface area contributed by atoms with Crippen LogP contribution in [0.5, 0.6) is 0 Å². The minimum Gasteiger partial charge on any atom is -0.376 e. The quantitative estimate of drug-likeness (QED) is 0.356. The van der Waals surface area contributed by atoms with Crippen LogP contribution in [0.1, 0.15) is 12.8 Å². The molecule has 0 aliphatic carbocycles. The molecular weight excluding hydrogens is 168 g/mol. The molecule has 1 fully saturated rings. The summed E-state index contributed by atoms with van der Waals surface area (Å²) < 4.78 is 10.8. The Labute approximate surface area is 78.7 Å². The monoisotopic (exact) mass is 184 g/mol. The van der Waals surface area contributed by atoms with E-state index in [0.717, 1.165) is 6.42 Å². The molecule has 74 valence electrons. The lowest BCUT2D eigenvalue weighted by Gasteiger charge is -2.29. The molecule has 0 spiro atoms. The molecule has 0 saturated carbocycles. The zero-order valence-electron chi connectivity index (χ0n) is 7.66. The molecule has 4 nitrogen and oxygen atoms in total. The van der Waals surface area contributed by atoms with Crippen molar-refractivity contribution in [1.29, 1.82) is 0 Å². The first-order chi connectivity index (χ1) is 6.38. The SMILES string of the molecule is C#CCCC(NN)C1COCCO1. The number of nitrogens with two attached hydrogens (primary N) is 1. The van der Waals surface area contributed by atoms with Gasteiger partial charge in [0.05, 0.1) is 32.0 Å². The van der Waals surface area contributed by atoms with Gasteiger partial charge in [0.2, 0.25) is 0 Å². The van der Waals surface area contributed by atoms with E-state index in [4.69, 9.17) is 21.7 Å². The fourth-order valence-corrected chi connectivity index (χ4v) is 1.35. The summed E-state index contributed by atoms with van der Waals surface area (Å²) in [7, 11) is 0. The molecule has 13 heavy (non-hydrogen) atoms. The number of ether oxygens (including phenoxy) is 2. The molecule has 3 N–H and O–H groups in total. The van der Waals surface area contributed by atoms with E-state index in [1.165, 1.54) is 0 Å². The van der Waals surface area contributed by atoms with Crippen LogP contribution in [0.15, 0.2) is 0 Å². The Hall–Kier alpha value is -0.600. The van der Waals surface area contributed by atoms with E-state index >= 15 is 0 Å². The first kappa shape index (κ1) is 10.5. The van der Waals surface area contributed by atoms with Gasteiger partial charge in [-0.1, -0.05) is 0 Å². The van der Waals surface area contributed by atoms with Gasteiger partial charge in [-0.3, -0.25) is 11.3 Å². The molecule has 2 atom stereocenters. The standard InChI is InChI=1S/C9H16N2O2/c1-2-3-4-8(11-10)9-7-12-5-6-13-9/h1,8-9,11H,3-7,10H2. The van der Waals surface area contributed by atoms with Crippen molar-refractivity contribution in [2.75, 3.05) is 19.8 Å². The second-order valence-corrected chi connectivity index (χ2v) is 3.00. The molecule has 0 aromatic heterocycles. The molecule has 1 rings (SSSR count). The molecule has 0 aromatic rings. The van der Waals surface area contributed by atoms with E-state index in [0.29, 0.717) is 26.2 Å². The maximum absolute atomic E-state index is 5.49. The van der Waals surface area contributed by atoms with Gasteiger partial charge in [-0.2, -0.15) is 0 Å². The average molecular weight is 184 g/mol. The molecular formula is C9H16N2O2. The largest absolute Gasteiger partial charge is 0.376 e. The van der Waals surface area contributed by atoms with Crippen molar-refractivity contribution in [3.8, 4) is 12.3 Å². The highest BCUT2D eigenvalue weighted by atomic mass is 16.6. The van der Waals surface area contributed by atoms with E-state index in [9.17, 15) is 0 Å². The Kier molecular flexibility index (Phi) is 4.79. The highest BCUT2D eigenvalue weighted by Crippen LogP contribution is 2.09. The Morgan fingerprint density at radius 3 is 3.00 bits per heavy atom. The summed E-state index contributed by atoms with van der Waals surface area (Å²) in [5, 5.41) is 0. The summed E-state index contributed by atoms with van der Waals surface area (Å²) in [4.78, 5) is 0. The van der Waals surface area contributed by atoms with E-state index in [1.54, 1.807) is 0 Å². The second-order valence-electron chi connectivity index (χ2n) is 3.00. The van der Waals surface area contributed by atoms with Gasteiger partial charge >= 0.3 is 0 Å². The zero-order chi connectivity index (χ0) is 9.52. The normalized spacial score (nSPS) is 25.1. The highest BCUT2D eigenvalue weighted by molar-refractivity contribution is 4.87. The lowest BCUT2D eigenvalue weighted by atomic mass is 10.1. The molecule has 0 amide bonds. The summed E-state index contributed by atoms with van der Waals surface area (Å²) in [6.07, 6.45) is 6.73. The van der Waals surface area contributed by atoms with Crippen LogP contribution in [-0.4, -0.2) is 32.0 Å². The minimum absolute atomic E-state index is 0.0344. The fourth-order valence-electron chi connectivity index (χ4n) is 1.35. The van der Waals surface area contributed by atoms with E-state index in [2.05, 4.69) is 11.3 Å². The van der Waals surface area contributed by atoms with Gasteiger partial charge in [0, 0.05) is 6.42 Å². The van der Waals surface area contributed by atoms with Crippen molar-refractivity contribution >= 4 is 0 Å². The number of terminal acetylenes is 1. The molecule has 1 saturated heterocycles. The van der Waals surface area contributed by atoms with Crippen LogP contribution >= 0.6 is 0 Å². The number of hydrogen-bond acceptors (Lipinski definition) is 4. The number of hydrogen-bond donors (Lipinski definition) is 2. The fraction of sp³-hybridized carbons (Fsp3) is 0.778. The predicted octanol–water partition coefficient (Wildman–Crippen LogP) is -0.353. The maximum atomic E-state index is 5.49. The van der Waals surface area contributed by atoms with Gasteiger partial charge in [0.25, 0.3) is 0 Å². The first-order valence-corrected chi connectivity index (χ1v) is 4.47. The van der Waals surface area contributed by atoms with Crippen LogP contribution < -0.4 is 11.3 Å². The number of rotatable bonds is 4. The van der Waals surface area contributed by atoms with Gasteiger partial charge < -0.3 is 9.47 Å². The second kappa shape index (κ2) is 5.95. The summed E-state index contributed by atoms with van der Waals surface area (Å²) in [6.45, 7) is 1.90. The molecule has 1 aliphatic heterocycles. The summed E-state index contributed by atoms with van der Waals surface area (Å²) >= 11 is 0. The van der Waals surface area contributed by atoms with Crippen LogP contribution in [-0.2, 0) is 9.47 Å². The summed E-state index contributed by atoms with van der Waals surface area (Å²) in [6, 6.07) is 0.0938. The third kappa shape index (κ3) is 3.33. The van der Waals surface area contributed by atoms with E-state index < -0.39 is 0 Å². The van der Waals surface area contributed by atoms with Crippen LogP contribution in [0.4, 0.5) is 0 Å². The third-order valence-corrected chi connectivity index (χ3v) is 2.10. The zero-order valence-corrected chi connectivity index (χ0v) is 7.66. The topological polar surface area (TPSA) is 56.5 Å². The lowest BCUT2D eigenvalue weighted by Crippen LogP contribution is -2.49. The van der Waals surface area contributed by atoms with Crippen LogP contribution in [0, 0.1) is 12.3 Å². The smallest absolute Gasteiger partial charge is 0.0975 e. The molecule has 1 heterocycles. The van der Waals surface area contributed by atoms with Crippen LogP contribution in [0.25, 0.3) is 0 Å². The lowest BCUT2D eigenvalue weighted by molar-refractivity contribution is -0.102. The minimum atomic E-state index is 0.0344. The summed E-state index contributed by atoms with van der Waals surface area (Å²) in [5.41, 5.74) is 2.71. The Morgan fingerprint density at radius 1 is 1.62 bits per heavy atom. The van der Waals surface area contributed by atoms with Crippen LogP contribution in [0.2, 0.25) is 0 Å². The molecule has 2 unspecified atom stereocenters. The van der Waals surface area contributed by atoms with E-state index in [1.807, 2.05) is 0 Å². The van der Waals surface area contributed by atoms with Crippen LogP contribution in [0.3, 0.4) is 0 Å². The number of nitrogens with one attached hydrogen (secondary N) is 1. The Morgan fingerprint density at radius 2 is 2.46 bits per heavy atom. The Bertz CT molecular complexity index is 173. The van der Waals surface area contributed by atoms with Crippen molar-refractivity contribution in [2.45, 2.75) is 25.0 Å². The average Bonchev–Trinajstić information content (AvgIpc) is 2.21. The molecule has 0 aromatic carbocycles. The van der Waals surface area contributed by atoms with Crippen molar-refractivity contribution in [3.63, 3.8) is 0 Å². The van der Waals surface area contributed by atoms with Crippen molar-refractivity contribution in [1.82, 2.24) is 5.43 Å². The molecule has 0 bridgehead atoms.